The maximum Gasteiger partial charge on any atom is 1.00 e. The molecule has 0 unspecified atom stereocenters. The van der Waals surface area contributed by atoms with Crippen molar-refractivity contribution in [2.24, 2.45) is 0 Å². The molecule has 0 heterocycles. The van der Waals surface area contributed by atoms with Gasteiger partial charge in [-0.05, 0) is 44.2 Å². The maximum atomic E-state index is 10.9. The smallest absolute Gasteiger partial charge is 0.872 e. The molecule has 3 aromatic rings. The molecule has 3 aromatic carbocycles. The Bertz CT molecular complexity index is 832. The summed E-state index contributed by atoms with van der Waals surface area (Å²) >= 11 is 0. The Labute approximate surface area is 256 Å². The standard InChI is InChI=1S/2C8H10O2.C7H8O2.3Na/c1-2-10-8-5-3-7(9)4-6-8;1-2-10-8-6-4-3-5-7(8)9;1-9-7-4-2-3-6(8)5-7;;;/h2*3-6,9H,2H2,1H3;2-5,8H,1H3;;;/q;;;3*+1/p-3. The first-order valence-electron chi connectivity index (χ1n) is 9.09. The third-order valence-corrected chi connectivity index (χ3v) is 3.32. The zero-order chi connectivity index (χ0) is 21.5. The van der Waals surface area contributed by atoms with Gasteiger partial charge in [0.25, 0.3) is 0 Å². The van der Waals surface area contributed by atoms with Crippen molar-refractivity contribution in [3.8, 4) is 34.5 Å². The van der Waals surface area contributed by atoms with Crippen molar-refractivity contribution < 1.29 is 118 Å². The summed E-state index contributed by atoms with van der Waals surface area (Å²) in [5.74, 6) is 1.75. The molecule has 156 valence electrons. The molecule has 9 heteroatoms. The first kappa shape index (κ1) is 36.0. The van der Waals surface area contributed by atoms with Crippen LogP contribution in [0.25, 0.3) is 0 Å². The van der Waals surface area contributed by atoms with Crippen LogP contribution >= 0.6 is 0 Å². The molecular formula is C23H25Na3O6. The Morgan fingerprint density at radius 1 is 0.625 bits per heavy atom. The number of ether oxygens (including phenoxy) is 3. The summed E-state index contributed by atoms with van der Waals surface area (Å²) < 4.78 is 14.9. The minimum absolute atomic E-state index is 0. The first-order chi connectivity index (χ1) is 14.0. The van der Waals surface area contributed by atoms with Gasteiger partial charge in [-0.1, -0.05) is 48.2 Å². The Morgan fingerprint density at radius 2 is 1.22 bits per heavy atom. The molecule has 0 aliphatic rings. The minimum Gasteiger partial charge on any atom is -0.872 e. The molecule has 3 rings (SSSR count). The van der Waals surface area contributed by atoms with E-state index in [2.05, 4.69) is 0 Å². The Hall–Kier alpha value is -0.540. The zero-order valence-corrected chi connectivity index (χ0v) is 25.8. The number of benzene rings is 3. The van der Waals surface area contributed by atoms with E-state index in [9.17, 15) is 15.3 Å². The van der Waals surface area contributed by atoms with Gasteiger partial charge in [0.15, 0.2) is 0 Å². The van der Waals surface area contributed by atoms with E-state index in [-0.39, 0.29) is 106 Å². The molecule has 0 amide bonds. The van der Waals surface area contributed by atoms with E-state index in [0.29, 0.717) is 24.7 Å². The summed E-state index contributed by atoms with van der Waals surface area (Å²) in [7, 11) is 1.54. The molecule has 0 spiro atoms. The predicted molar refractivity (Wildman–Crippen MR) is 107 cm³/mol. The number of methoxy groups -OCH3 is 1. The minimum atomic E-state index is -0.0515. The zero-order valence-electron chi connectivity index (χ0n) is 19.8. The largest absolute Gasteiger partial charge is 1.00 e. The molecule has 0 atom stereocenters. The van der Waals surface area contributed by atoms with E-state index in [4.69, 9.17) is 14.2 Å². The van der Waals surface area contributed by atoms with Crippen LogP contribution in [0.15, 0.2) is 72.8 Å². The van der Waals surface area contributed by atoms with Gasteiger partial charge in [-0.3, -0.25) is 0 Å². The van der Waals surface area contributed by atoms with Crippen molar-refractivity contribution in [2.75, 3.05) is 20.3 Å². The topological polar surface area (TPSA) is 96.9 Å². The third kappa shape index (κ3) is 16.1. The molecule has 0 fully saturated rings. The molecule has 0 aliphatic carbocycles. The van der Waals surface area contributed by atoms with E-state index in [1.54, 1.807) is 42.5 Å². The van der Waals surface area contributed by atoms with Crippen molar-refractivity contribution in [1.82, 2.24) is 0 Å². The number of hydrogen-bond acceptors (Lipinski definition) is 6. The predicted octanol–water partition coefficient (Wildman–Crippen LogP) is -5.90. The molecule has 0 N–H and O–H groups in total. The molecule has 32 heavy (non-hydrogen) atoms. The van der Waals surface area contributed by atoms with Crippen molar-refractivity contribution in [1.29, 1.82) is 0 Å². The number of para-hydroxylation sites is 2. The SMILES string of the molecule is CCOc1ccc([O-])cc1.CCOc1ccccc1[O-].COc1cccc([O-])c1.[Na+].[Na+].[Na+]. The van der Waals surface area contributed by atoms with Gasteiger partial charge < -0.3 is 29.5 Å². The Morgan fingerprint density at radius 3 is 1.69 bits per heavy atom. The van der Waals surface area contributed by atoms with Crippen molar-refractivity contribution in [2.45, 2.75) is 13.8 Å². The molecule has 0 saturated heterocycles. The second-order valence-electron chi connectivity index (χ2n) is 5.46. The van der Waals surface area contributed by atoms with Crippen LogP contribution in [0.3, 0.4) is 0 Å². The van der Waals surface area contributed by atoms with Gasteiger partial charge >= 0.3 is 88.7 Å². The van der Waals surface area contributed by atoms with Gasteiger partial charge in [-0.15, -0.1) is 11.5 Å². The Balaban J connectivity index is -0.000000377. The quantitative estimate of drug-likeness (QED) is 0.348. The van der Waals surface area contributed by atoms with E-state index < -0.39 is 0 Å². The second kappa shape index (κ2) is 22.3. The van der Waals surface area contributed by atoms with Crippen molar-refractivity contribution in [3.05, 3.63) is 72.8 Å². The molecule has 6 nitrogen and oxygen atoms in total. The maximum absolute atomic E-state index is 10.9. The van der Waals surface area contributed by atoms with Gasteiger partial charge in [0.05, 0.1) is 20.3 Å². The molecule has 0 saturated carbocycles. The van der Waals surface area contributed by atoms with Crippen LogP contribution in [0.1, 0.15) is 13.8 Å². The number of hydrogen-bond donors (Lipinski definition) is 0. The molecule has 0 bridgehead atoms. The van der Waals surface area contributed by atoms with Gasteiger partial charge in [-0.25, -0.2) is 0 Å². The summed E-state index contributed by atoms with van der Waals surface area (Å²) in [6.45, 7) is 4.94. The van der Waals surface area contributed by atoms with Crippen LogP contribution in [0.2, 0.25) is 0 Å². The van der Waals surface area contributed by atoms with E-state index in [0.717, 1.165) is 5.75 Å². The number of rotatable bonds is 5. The van der Waals surface area contributed by atoms with Crippen LogP contribution in [-0.2, 0) is 0 Å². The van der Waals surface area contributed by atoms with Crippen molar-refractivity contribution in [3.63, 3.8) is 0 Å². The molecule has 0 aromatic heterocycles. The second-order valence-corrected chi connectivity index (χ2v) is 5.46. The van der Waals surface area contributed by atoms with E-state index >= 15 is 0 Å². The van der Waals surface area contributed by atoms with Crippen LogP contribution in [-0.4, -0.2) is 20.3 Å². The van der Waals surface area contributed by atoms with Crippen LogP contribution < -0.4 is 118 Å². The molecular weight excluding hydrogens is 441 g/mol. The van der Waals surface area contributed by atoms with Gasteiger partial charge in [0.1, 0.15) is 17.2 Å². The average Bonchev–Trinajstić information content (AvgIpc) is 2.73. The summed E-state index contributed by atoms with van der Waals surface area (Å²) in [5, 5.41) is 32.0. The van der Waals surface area contributed by atoms with Crippen LogP contribution in [0, 0.1) is 0 Å². The fourth-order valence-corrected chi connectivity index (χ4v) is 2.03. The monoisotopic (exact) mass is 466 g/mol. The van der Waals surface area contributed by atoms with Crippen molar-refractivity contribution >= 4 is 0 Å². The molecule has 0 radical (unpaired) electrons. The van der Waals surface area contributed by atoms with Gasteiger partial charge in [-0.2, -0.15) is 0 Å². The fraction of sp³-hybridized carbons (Fsp3) is 0.217. The van der Waals surface area contributed by atoms with Gasteiger partial charge in [0.2, 0.25) is 0 Å². The normalized spacial score (nSPS) is 8.34. The average molecular weight is 466 g/mol. The summed E-state index contributed by atoms with van der Waals surface area (Å²) in [4.78, 5) is 0. The summed E-state index contributed by atoms with van der Waals surface area (Å²) in [6, 6.07) is 19.3. The van der Waals surface area contributed by atoms with E-state index in [1.165, 1.54) is 37.4 Å². The molecule has 0 aliphatic heterocycles. The van der Waals surface area contributed by atoms with E-state index in [1.807, 2.05) is 13.8 Å². The summed E-state index contributed by atoms with van der Waals surface area (Å²) in [6.07, 6.45) is 0. The summed E-state index contributed by atoms with van der Waals surface area (Å²) in [5.41, 5.74) is 0. The van der Waals surface area contributed by atoms with Crippen LogP contribution in [0.4, 0.5) is 0 Å². The third-order valence-electron chi connectivity index (χ3n) is 3.32. The van der Waals surface area contributed by atoms with Gasteiger partial charge in [0, 0.05) is 0 Å². The Kier molecular flexibility index (Phi) is 25.1. The first-order valence-corrected chi connectivity index (χ1v) is 9.09. The van der Waals surface area contributed by atoms with Crippen LogP contribution in [0.5, 0.6) is 34.5 Å². The fourth-order valence-electron chi connectivity index (χ4n) is 2.03.